The number of alkyl halides is 3. The van der Waals surface area contributed by atoms with Gasteiger partial charge in [0.2, 0.25) is 0 Å². The van der Waals surface area contributed by atoms with E-state index in [0.29, 0.717) is 11.3 Å². The molecule has 5 rings (SSSR count). The number of hydrogen-bond acceptors (Lipinski definition) is 8. The van der Waals surface area contributed by atoms with Gasteiger partial charge in [0.1, 0.15) is 17.2 Å². The van der Waals surface area contributed by atoms with E-state index in [2.05, 4.69) is 4.98 Å². The van der Waals surface area contributed by atoms with Gasteiger partial charge in [0.15, 0.2) is 11.2 Å². The minimum atomic E-state index is -4.62. The molecular formula is C28H24F3N3O6S2. The predicted octanol–water partition coefficient (Wildman–Crippen LogP) is 6.02. The summed E-state index contributed by atoms with van der Waals surface area (Å²) in [6.07, 6.45) is -4.20. The standard InChI is InChI=1S/C28H24F3N3O6S2/c1-17-26(35)34(22-10-6-19(28(29,30)31)14-24(22)39-3)23-11-9-21(15-25(23)40-17)42(36,37)33(27-32-12-13-41-27)16-18-4-7-20(38-2)8-5-18/h4-15,17H,16H2,1-3H3. The second-order valence-corrected chi connectivity index (χ2v) is 11.9. The Labute approximate surface area is 243 Å². The molecule has 0 N–H and O–H groups in total. The molecule has 1 aliphatic heterocycles. The first-order valence-electron chi connectivity index (χ1n) is 12.4. The van der Waals surface area contributed by atoms with E-state index in [1.165, 1.54) is 45.5 Å². The van der Waals surface area contributed by atoms with Gasteiger partial charge in [0.05, 0.1) is 42.6 Å². The lowest BCUT2D eigenvalue weighted by Gasteiger charge is -2.34. The number of amides is 1. The molecule has 0 fully saturated rings. The molecule has 0 aliphatic carbocycles. The van der Waals surface area contributed by atoms with Crippen LogP contribution < -0.4 is 23.4 Å². The van der Waals surface area contributed by atoms with Crippen molar-refractivity contribution < 1.29 is 40.6 Å². The molecule has 0 saturated heterocycles. The van der Waals surface area contributed by atoms with Crippen LogP contribution in [0.5, 0.6) is 17.2 Å². The summed E-state index contributed by atoms with van der Waals surface area (Å²) in [7, 11) is -1.48. The first-order valence-corrected chi connectivity index (χ1v) is 14.7. The van der Waals surface area contributed by atoms with E-state index in [1.807, 2.05) is 0 Å². The summed E-state index contributed by atoms with van der Waals surface area (Å²) < 4.78 is 85.3. The average molecular weight is 620 g/mol. The van der Waals surface area contributed by atoms with Gasteiger partial charge < -0.3 is 14.2 Å². The second kappa shape index (κ2) is 11.2. The van der Waals surface area contributed by atoms with Crippen molar-refractivity contribution in [2.45, 2.75) is 30.6 Å². The average Bonchev–Trinajstić information content (AvgIpc) is 3.50. The van der Waals surface area contributed by atoms with E-state index in [-0.39, 0.29) is 39.4 Å². The molecule has 1 unspecified atom stereocenters. The number of fused-ring (bicyclic) bond motifs is 1. The molecule has 1 aliphatic rings. The molecule has 0 spiro atoms. The Morgan fingerprint density at radius 3 is 2.36 bits per heavy atom. The number of benzene rings is 3. The van der Waals surface area contributed by atoms with Gasteiger partial charge in [-0.15, -0.1) is 11.3 Å². The van der Waals surface area contributed by atoms with Crippen molar-refractivity contribution in [2.24, 2.45) is 0 Å². The highest BCUT2D eigenvalue weighted by Gasteiger charge is 2.38. The summed E-state index contributed by atoms with van der Waals surface area (Å²) in [5.41, 5.74) is -0.0706. The number of carbonyl (C=O) groups is 1. The quantitative estimate of drug-likeness (QED) is 0.238. The summed E-state index contributed by atoms with van der Waals surface area (Å²) in [6.45, 7) is 1.43. The smallest absolute Gasteiger partial charge is 0.416 e. The van der Waals surface area contributed by atoms with Crippen LogP contribution >= 0.6 is 11.3 Å². The number of carbonyl (C=O) groups excluding carboxylic acids is 1. The molecule has 220 valence electrons. The Morgan fingerprint density at radius 2 is 1.74 bits per heavy atom. The third-order valence-electron chi connectivity index (χ3n) is 6.50. The van der Waals surface area contributed by atoms with Crippen LogP contribution in [-0.4, -0.2) is 39.6 Å². The molecule has 2 heterocycles. The van der Waals surface area contributed by atoms with E-state index in [1.54, 1.807) is 29.6 Å². The Morgan fingerprint density at radius 1 is 1.02 bits per heavy atom. The topological polar surface area (TPSA) is 98.3 Å². The zero-order chi connectivity index (χ0) is 30.2. The van der Waals surface area contributed by atoms with E-state index in [0.717, 1.165) is 38.7 Å². The summed E-state index contributed by atoms with van der Waals surface area (Å²) in [4.78, 5) is 18.4. The van der Waals surface area contributed by atoms with Gasteiger partial charge in [-0.2, -0.15) is 13.2 Å². The number of hydrogen-bond donors (Lipinski definition) is 0. The van der Waals surface area contributed by atoms with Crippen molar-refractivity contribution in [2.75, 3.05) is 23.4 Å². The molecule has 42 heavy (non-hydrogen) atoms. The minimum absolute atomic E-state index is 0.0262. The number of ether oxygens (including phenoxy) is 3. The summed E-state index contributed by atoms with van der Waals surface area (Å²) >= 11 is 1.15. The number of thiazole rings is 1. The maximum absolute atomic E-state index is 14.0. The SMILES string of the molecule is COc1ccc(CN(c2nccs2)S(=O)(=O)c2ccc3c(c2)OC(C)C(=O)N3c2ccc(C(F)(F)F)cc2OC)cc1. The predicted molar refractivity (Wildman–Crippen MR) is 150 cm³/mol. The number of nitrogens with zero attached hydrogens (tertiary/aromatic N) is 3. The lowest BCUT2D eigenvalue weighted by atomic mass is 10.1. The van der Waals surface area contributed by atoms with Crippen LogP contribution in [0, 0.1) is 0 Å². The third-order valence-corrected chi connectivity index (χ3v) is 9.14. The molecule has 0 saturated carbocycles. The maximum Gasteiger partial charge on any atom is 0.416 e. The van der Waals surface area contributed by atoms with Gasteiger partial charge in [0, 0.05) is 17.6 Å². The van der Waals surface area contributed by atoms with E-state index in [4.69, 9.17) is 14.2 Å². The van der Waals surface area contributed by atoms with E-state index >= 15 is 0 Å². The number of methoxy groups -OCH3 is 2. The fourth-order valence-corrected chi connectivity index (χ4v) is 6.67. The fourth-order valence-electron chi connectivity index (χ4n) is 4.38. The Bertz CT molecular complexity index is 1710. The molecule has 0 bridgehead atoms. The maximum atomic E-state index is 14.0. The molecule has 1 amide bonds. The van der Waals surface area contributed by atoms with Crippen molar-refractivity contribution >= 4 is 43.8 Å². The van der Waals surface area contributed by atoms with Gasteiger partial charge in [-0.05, 0) is 55.0 Å². The first kappa shape index (κ1) is 29.2. The van der Waals surface area contributed by atoms with Gasteiger partial charge in [-0.3, -0.25) is 9.69 Å². The number of rotatable bonds is 8. The summed E-state index contributed by atoms with van der Waals surface area (Å²) in [6, 6.07) is 13.7. The highest BCUT2D eigenvalue weighted by molar-refractivity contribution is 7.93. The highest BCUT2D eigenvalue weighted by atomic mass is 32.2. The number of aromatic nitrogens is 1. The van der Waals surface area contributed by atoms with Crippen molar-refractivity contribution in [3.63, 3.8) is 0 Å². The molecule has 3 aromatic carbocycles. The molecule has 14 heteroatoms. The van der Waals surface area contributed by atoms with Crippen LogP contribution in [0.1, 0.15) is 18.1 Å². The zero-order valence-corrected chi connectivity index (χ0v) is 24.1. The number of anilines is 3. The number of halogens is 3. The third kappa shape index (κ3) is 5.46. The van der Waals surface area contributed by atoms with Crippen LogP contribution in [0.25, 0.3) is 0 Å². The van der Waals surface area contributed by atoms with Crippen molar-refractivity contribution in [3.05, 3.63) is 83.4 Å². The Balaban J connectivity index is 1.56. The van der Waals surface area contributed by atoms with Crippen LogP contribution in [0.4, 0.5) is 29.7 Å². The summed E-state index contributed by atoms with van der Waals surface area (Å²) in [5, 5.41) is 1.90. The second-order valence-electron chi connectivity index (χ2n) is 9.12. The van der Waals surface area contributed by atoms with Crippen LogP contribution in [0.15, 0.2) is 77.1 Å². The minimum Gasteiger partial charge on any atom is -0.497 e. The lowest BCUT2D eigenvalue weighted by Crippen LogP contribution is -2.42. The van der Waals surface area contributed by atoms with Gasteiger partial charge in [0.25, 0.3) is 15.9 Å². The van der Waals surface area contributed by atoms with Crippen LogP contribution in [-0.2, 0) is 27.5 Å². The largest absolute Gasteiger partial charge is 0.497 e. The van der Waals surface area contributed by atoms with Crippen molar-refractivity contribution in [1.29, 1.82) is 0 Å². The van der Waals surface area contributed by atoms with Gasteiger partial charge in [-0.25, -0.2) is 17.7 Å². The highest BCUT2D eigenvalue weighted by Crippen LogP contribution is 2.45. The first-order chi connectivity index (χ1) is 19.9. The van der Waals surface area contributed by atoms with E-state index in [9.17, 15) is 26.4 Å². The normalized spacial score (nSPS) is 15.1. The van der Waals surface area contributed by atoms with E-state index < -0.39 is 33.8 Å². The van der Waals surface area contributed by atoms with Gasteiger partial charge in [-0.1, -0.05) is 12.1 Å². The monoisotopic (exact) mass is 619 g/mol. The molecule has 1 aromatic heterocycles. The molecule has 0 radical (unpaired) electrons. The molecule has 4 aromatic rings. The van der Waals surface area contributed by atoms with Crippen molar-refractivity contribution in [3.8, 4) is 17.2 Å². The molecular weight excluding hydrogens is 595 g/mol. The van der Waals surface area contributed by atoms with Gasteiger partial charge >= 0.3 is 6.18 Å². The van der Waals surface area contributed by atoms with Crippen LogP contribution in [0.2, 0.25) is 0 Å². The fraction of sp³-hybridized carbons (Fsp3) is 0.214. The van der Waals surface area contributed by atoms with Crippen LogP contribution in [0.3, 0.4) is 0 Å². The lowest BCUT2D eigenvalue weighted by molar-refractivity contribution is -0.137. The molecule has 1 atom stereocenters. The molecule has 9 nitrogen and oxygen atoms in total. The Kier molecular flexibility index (Phi) is 7.77. The van der Waals surface area contributed by atoms with Crippen molar-refractivity contribution in [1.82, 2.24) is 4.98 Å². The zero-order valence-electron chi connectivity index (χ0n) is 22.5. The Hall–Kier alpha value is -4.30. The summed E-state index contributed by atoms with van der Waals surface area (Å²) in [5.74, 6) is -0.0924. The number of sulfonamides is 1.